The zero-order valence-electron chi connectivity index (χ0n) is 45.7. The molecule has 21 heteroatoms. The fourth-order valence-corrected chi connectivity index (χ4v) is 7.24. The van der Waals surface area contributed by atoms with Crippen molar-refractivity contribution in [3.63, 3.8) is 0 Å². The topological polar surface area (TPSA) is 211 Å². The molecule has 442 valence electrons. The monoisotopic (exact) mass is 1150 g/mol. The molecule has 0 bridgehead atoms. The second-order valence-corrected chi connectivity index (χ2v) is 18.3. The van der Waals surface area contributed by atoms with Crippen LogP contribution in [-0.2, 0) is 23.8 Å². The molecule has 0 saturated heterocycles. The van der Waals surface area contributed by atoms with Gasteiger partial charge in [0.2, 0.25) is 0 Å². The van der Waals surface area contributed by atoms with E-state index in [0.29, 0.717) is 48.0 Å². The number of anilines is 2. The molecule has 0 unspecified atom stereocenters. The standard InChI is InChI=1S/C34H37F3N2O8.C27H31F3O5/c1-43-31-28(38)21-25(22-29(31)39)32(41)46-19-5-3-2-4-18-45-30(40)16-9-23-7-12-27(13-8-23)47-33(42)24-10-14-26(15-11-24)44-20-6-17-34(35,36)37;1-2-3-4-5-6-19-34-25(31)17-10-21-8-13-24(14-9-21)35-26(32)22-11-15-23(16-12-22)33-20-7-18-27(28,29)30/h7-16,21-22H,2-6,17-20,38-39H2,1H3;8-17H,2-7,18-20H2,1H3/b16-9+;17-10+. The van der Waals surface area contributed by atoms with Crippen molar-refractivity contribution in [2.45, 2.75) is 103 Å². The minimum Gasteiger partial charge on any atom is -0.494 e. The normalized spacial score (nSPS) is 11.3. The van der Waals surface area contributed by atoms with Gasteiger partial charge in [0.05, 0.1) is 68.2 Å². The van der Waals surface area contributed by atoms with Gasteiger partial charge in [-0.25, -0.2) is 24.0 Å². The van der Waals surface area contributed by atoms with Gasteiger partial charge in [-0.2, -0.15) is 26.3 Å². The molecule has 0 spiro atoms. The van der Waals surface area contributed by atoms with Crippen LogP contribution in [0.3, 0.4) is 0 Å². The number of esters is 5. The largest absolute Gasteiger partial charge is 0.494 e. The van der Waals surface area contributed by atoms with Crippen LogP contribution < -0.4 is 35.2 Å². The van der Waals surface area contributed by atoms with Crippen molar-refractivity contribution in [1.29, 1.82) is 0 Å². The van der Waals surface area contributed by atoms with Crippen molar-refractivity contribution < 1.29 is 88.2 Å². The first kappa shape index (κ1) is 66.0. The Hall–Kier alpha value is -8.49. The summed E-state index contributed by atoms with van der Waals surface area (Å²) >= 11 is 0. The highest BCUT2D eigenvalue weighted by molar-refractivity contribution is 5.94. The van der Waals surface area contributed by atoms with Crippen LogP contribution in [0, 0.1) is 0 Å². The summed E-state index contributed by atoms with van der Waals surface area (Å²) in [6, 6.07) is 27.8. The van der Waals surface area contributed by atoms with Crippen LogP contribution in [0.2, 0.25) is 0 Å². The first-order valence-electron chi connectivity index (χ1n) is 26.6. The Bertz CT molecular complexity index is 2800. The summed E-state index contributed by atoms with van der Waals surface area (Å²) in [5.74, 6) is -0.986. The third-order valence-corrected chi connectivity index (χ3v) is 11.5. The second kappa shape index (κ2) is 35.3. The van der Waals surface area contributed by atoms with E-state index in [9.17, 15) is 50.3 Å². The lowest BCUT2D eigenvalue weighted by molar-refractivity contribution is -0.138. The Morgan fingerprint density at radius 2 is 0.805 bits per heavy atom. The number of unbranched alkanes of at least 4 members (excludes halogenated alkanes) is 7. The van der Waals surface area contributed by atoms with E-state index in [2.05, 4.69) is 6.92 Å². The van der Waals surface area contributed by atoms with Gasteiger partial charge in [0.15, 0.2) is 5.75 Å². The van der Waals surface area contributed by atoms with Crippen molar-refractivity contribution >= 4 is 53.4 Å². The molecule has 0 atom stereocenters. The maximum absolute atomic E-state index is 12.4. The molecule has 4 N–H and O–H groups in total. The van der Waals surface area contributed by atoms with Crippen LogP contribution >= 0.6 is 0 Å². The Kier molecular flexibility index (Phi) is 28.4. The average molecular weight is 1150 g/mol. The van der Waals surface area contributed by atoms with Crippen LogP contribution in [-0.4, -0.2) is 82.3 Å². The number of hydrogen-bond donors (Lipinski definition) is 2. The van der Waals surface area contributed by atoms with E-state index in [0.717, 1.165) is 37.7 Å². The van der Waals surface area contributed by atoms with Gasteiger partial charge in [0, 0.05) is 25.0 Å². The highest BCUT2D eigenvalue weighted by atomic mass is 19.4. The Morgan fingerprint density at radius 1 is 0.439 bits per heavy atom. The van der Waals surface area contributed by atoms with E-state index in [1.165, 1.54) is 92.8 Å². The summed E-state index contributed by atoms with van der Waals surface area (Å²) in [6.45, 7) is 2.87. The highest BCUT2D eigenvalue weighted by Gasteiger charge is 2.27. The minimum absolute atomic E-state index is 0.0686. The molecule has 0 aliphatic heterocycles. The first-order valence-corrected chi connectivity index (χ1v) is 26.6. The number of carbonyl (C=O) groups is 5. The quantitative estimate of drug-likeness (QED) is 0.00804. The lowest BCUT2D eigenvalue weighted by atomic mass is 10.1. The number of halogens is 6. The zero-order valence-corrected chi connectivity index (χ0v) is 45.7. The lowest BCUT2D eigenvalue weighted by Gasteiger charge is -2.10. The molecule has 5 aromatic carbocycles. The van der Waals surface area contributed by atoms with Gasteiger partial charge < -0.3 is 49.4 Å². The summed E-state index contributed by atoms with van der Waals surface area (Å²) in [5.41, 5.74) is 14.4. The smallest absolute Gasteiger partial charge is 0.389 e. The van der Waals surface area contributed by atoms with E-state index in [4.69, 9.17) is 49.4 Å². The Balaban J connectivity index is 0.000000368. The van der Waals surface area contributed by atoms with Crippen molar-refractivity contribution in [3.8, 4) is 28.7 Å². The third-order valence-electron chi connectivity index (χ3n) is 11.5. The molecule has 0 saturated carbocycles. The molecule has 0 radical (unpaired) electrons. The second-order valence-electron chi connectivity index (χ2n) is 18.3. The van der Waals surface area contributed by atoms with Gasteiger partial charge in [0.25, 0.3) is 0 Å². The number of benzene rings is 5. The Morgan fingerprint density at radius 3 is 1.17 bits per heavy atom. The summed E-state index contributed by atoms with van der Waals surface area (Å²) in [6.07, 6.45) is 3.55. The van der Waals surface area contributed by atoms with Crippen LogP contribution in [0.1, 0.15) is 133 Å². The molecule has 0 fully saturated rings. The number of rotatable bonds is 31. The predicted molar refractivity (Wildman–Crippen MR) is 297 cm³/mol. The fraction of sp³-hybridized carbons (Fsp3) is 0.361. The Labute approximate surface area is 472 Å². The number of hydrogen-bond acceptors (Lipinski definition) is 15. The average Bonchev–Trinajstić information content (AvgIpc) is 3.62. The van der Waals surface area contributed by atoms with E-state index in [-0.39, 0.29) is 73.1 Å². The molecule has 0 aliphatic rings. The summed E-state index contributed by atoms with van der Waals surface area (Å²) < 4.78 is 115. The number of ether oxygens (including phenoxy) is 8. The van der Waals surface area contributed by atoms with Gasteiger partial charge >= 0.3 is 42.2 Å². The molecule has 82 heavy (non-hydrogen) atoms. The summed E-state index contributed by atoms with van der Waals surface area (Å²) in [4.78, 5) is 60.8. The molecule has 15 nitrogen and oxygen atoms in total. The molecule has 0 amide bonds. The van der Waals surface area contributed by atoms with Crippen molar-refractivity contribution in [2.75, 3.05) is 51.6 Å². The van der Waals surface area contributed by atoms with Crippen molar-refractivity contribution in [3.05, 3.63) is 149 Å². The van der Waals surface area contributed by atoms with Gasteiger partial charge in [0.1, 0.15) is 23.0 Å². The van der Waals surface area contributed by atoms with Crippen LogP contribution in [0.5, 0.6) is 28.7 Å². The number of methoxy groups -OCH3 is 1. The first-order chi connectivity index (χ1) is 39.2. The minimum atomic E-state index is -4.23. The predicted octanol–water partition coefficient (Wildman–Crippen LogP) is 13.9. The van der Waals surface area contributed by atoms with E-state index in [1.807, 2.05) is 0 Å². The zero-order chi connectivity index (χ0) is 59.8. The molecule has 5 rings (SSSR count). The summed E-state index contributed by atoms with van der Waals surface area (Å²) in [7, 11) is 1.44. The van der Waals surface area contributed by atoms with Gasteiger partial charge in [-0.05, 0) is 153 Å². The van der Waals surface area contributed by atoms with Crippen LogP contribution in [0.15, 0.2) is 121 Å². The molecule has 0 heterocycles. The van der Waals surface area contributed by atoms with Crippen LogP contribution in [0.25, 0.3) is 12.2 Å². The number of nitrogen functional groups attached to an aromatic ring is 2. The molecule has 0 aromatic heterocycles. The SMILES string of the molecule is CCCCCCCOC(=O)/C=C/c1ccc(OC(=O)c2ccc(OCCCC(F)(F)F)cc2)cc1.COc1c(N)cc(C(=O)OCCCCCCOC(=O)/C=C/c2ccc(OC(=O)c3ccc(OCCCC(F)(F)F)cc3)cc2)cc1N. The van der Waals surface area contributed by atoms with Crippen LogP contribution in [0.4, 0.5) is 37.7 Å². The van der Waals surface area contributed by atoms with E-state index < -0.39 is 55.0 Å². The third kappa shape index (κ3) is 27.1. The maximum atomic E-state index is 12.4. The molecule has 0 aliphatic carbocycles. The molecular weight excluding hydrogens is 1080 g/mol. The van der Waals surface area contributed by atoms with E-state index >= 15 is 0 Å². The van der Waals surface area contributed by atoms with Gasteiger partial charge in [-0.3, -0.25) is 0 Å². The van der Waals surface area contributed by atoms with E-state index in [1.54, 1.807) is 60.7 Å². The van der Waals surface area contributed by atoms with Crippen molar-refractivity contribution in [2.24, 2.45) is 0 Å². The lowest BCUT2D eigenvalue weighted by Crippen LogP contribution is -2.10. The molecule has 5 aromatic rings. The maximum Gasteiger partial charge on any atom is 0.389 e. The van der Waals surface area contributed by atoms with Gasteiger partial charge in [-0.1, -0.05) is 56.9 Å². The summed E-state index contributed by atoms with van der Waals surface area (Å²) in [5, 5.41) is 0. The number of alkyl halides is 6. The van der Waals surface area contributed by atoms with Crippen molar-refractivity contribution in [1.82, 2.24) is 0 Å². The number of carbonyl (C=O) groups excluding carboxylic acids is 5. The molecular formula is C61H68F6N2O13. The fourth-order valence-electron chi connectivity index (χ4n) is 7.24. The highest BCUT2D eigenvalue weighted by Crippen LogP contribution is 2.31. The number of nitrogens with two attached hydrogens (primary N) is 2. The van der Waals surface area contributed by atoms with Gasteiger partial charge in [-0.15, -0.1) is 0 Å².